The second-order valence-corrected chi connectivity index (χ2v) is 3.22. The lowest BCUT2D eigenvalue weighted by atomic mass is 10.3. The number of rotatable bonds is 3. The van der Waals surface area contributed by atoms with Gasteiger partial charge in [-0.15, -0.1) is 0 Å². The Kier molecular flexibility index (Phi) is 6.03. The highest BCUT2D eigenvalue weighted by Gasteiger charge is 2.15. The van der Waals surface area contributed by atoms with Crippen molar-refractivity contribution >= 4 is 5.91 Å². The molecule has 0 spiro atoms. The lowest BCUT2D eigenvalue weighted by Crippen LogP contribution is -3.00. The highest BCUT2D eigenvalue weighted by molar-refractivity contribution is 5.91. The predicted octanol–water partition coefficient (Wildman–Crippen LogP) is -2.31. The summed E-state index contributed by atoms with van der Waals surface area (Å²) >= 11 is 0. The van der Waals surface area contributed by atoms with Crippen LogP contribution < -0.4 is 17.8 Å². The lowest BCUT2D eigenvalue weighted by Gasteiger charge is -2.27. The number of hydrogen-bond acceptors (Lipinski definition) is 1. The van der Waals surface area contributed by atoms with Gasteiger partial charge in [-0.05, 0) is 13.8 Å². The first kappa shape index (κ1) is 14.0. The molecule has 0 aromatic rings. The largest absolute Gasteiger partial charge is 1.00 e. The van der Waals surface area contributed by atoms with E-state index < -0.39 is 0 Å². The first-order chi connectivity index (χ1) is 4.89. The molecular weight excluding hydrogens is 176 g/mol. The molecule has 0 saturated carbocycles. The number of carbonyl (C=O) groups excluding carboxylic acids is 1. The number of nitrogens with zero attached hydrogens (tertiary/aromatic N) is 1. The van der Waals surface area contributed by atoms with Gasteiger partial charge in [0.1, 0.15) is 0 Å². The fraction of sp³-hybridized carbons (Fsp3) is 0.625. The molecule has 3 nitrogen and oxygen atoms in total. The first-order valence-corrected chi connectivity index (χ1v) is 3.70. The summed E-state index contributed by atoms with van der Waals surface area (Å²) < 4.78 is 0.492. The molecule has 4 heteroatoms. The number of halogens is 1. The van der Waals surface area contributed by atoms with E-state index in [1.807, 2.05) is 21.0 Å². The van der Waals surface area contributed by atoms with E-state index in [1.165, 1.54) is 0 Å². The van der Waals surface area contributed by atoms with Gasteiger partial charge < -0.3 is 12.4 Å². The van der Waals surface area contributed by atoms with Crippen LogP contribution in [-0.4, -0.2) is 31.1 Å². The van der Waals surface area contributed by atoms with Crippen molar-refractivity contribution in [2.75, 3.05) is 20.6 Å². The SMILES string of the molecule is C=C(C)C(=O)N[N+](C)(C)CC.[Cl-]. The summed E-state index contributed by atoms with van der Waals surface area (Å²) in [6.45, 7) is 8.12. The van der Waals surface area contributed by atoms with Crippen molar-refractivity contribution < 1.29 is 21.8 Å². The van der Waals surface area contributed by atoms with Crippen molar-refractivity contribution in [3.63, 3.8) is 0 Å². The molecule has 0 aromatic heterocycles. The number of quaternary nitrogens is 1. The van der Waals surface area contributed by atoms with E-state index in [0.29, 0.717) is 10.2 Å². The van der Waals surface area contributed by atoms with E-state index in [1.54, 1.807) is 6.92 Å². The summed E-state index contributed by atoms with van der Waals surface area (Å²) in [5.74, 6) is -0.0862. The third kappa shape index (κ3) is 5.16. The summed E-state index contributed by atoms with van der Waals surface area (Å²) in [6, 6.07) is 0. The van der Waals surface area contributed by atoms with E-state index in [0.717, 1.165) is 6.54 Å². The minimum absolute atomic E-state index is 0. The monoisotopic (exact) mass is 192 g/mol. The molecule has 1 amide bonds. The minimum Gasteiger partial charge on any atom is -1.00 e. The van der Waals surface area contributed by atoms with Gasteiger partial charge in [-0.2, -0.15) is 5.43 Å². The Morgan fingerprint density at radius 1 is 1.50 bits per heavy atom. The molecule has 0 fully saturated rings. The van der Waals surface area contributed by atoms with Crippen molar-refractivity contribution in [3.05, 3.63) is 12.2 Å². The van der Waals surface area contributed by atoms with E-state index >= 15 is 0 Å². The number of nitrogens with one attached hydrogen (secondary N) is 1. The maximum atomic E-state index is 11.1. The van der Waals surface area contributed by atoms with Crippen molar-refractivity contribution in [1.29, 1.82) is 0 Å². The zero-order chi connectivity index (χ0) is 9.07. The van der Waals surface area contributed by atoms with Gasteiger partial charge in [-0.3, -0.25) is 4.79 Å². The van der Waals surface area contributed by atoms with E-state index in [4.69, 9.17) is 0 Å². The Balaban J connectivity index is 0. The van der Waals surface area contributed by atoms with Crippen LogP contribution in [0.4, 0.5) is 0 Å². The normalized spacial score (nSPS) is 10.0. The lowest BCUT2D eigenvalue weighted by molar-refractivity contribution is -0.923. The zero-order valence-electron chi connectivity index (χ0n) is 8.15. The van der Waals surface area contributed by atoms with Crippen LogP contribution in [0.5, 0.6) is 0 Å². The topological polar surface area (TPSA) is 29.1 Å². The molecule has 0 heterocycles. The van der Waals surface area contributed by atoms with Crippen LogP contribution in [-0.2, 0) is 4.79 Å². The van der Waals surface area contributed by atoms with Crippen LogP contribution >= 0.6 is 0 Å². The standard InChI is InChI=1S/C8H16N2O.ClH/c1-6-10(4,5)9-8(11)7(2)3;/h2,6H2,1,3-5H3;1H. The molecule has 72 valence electrons. The molecule has 0 aliphatic heterocycles. The van der Waals surface area contributed by atoms with Gasteiger partial charge in [0.2, 0.25) is 0 Å². The highest BCUT2D eigenvalue weighted by Crippen LogP contribution is 1.93. The third-order valence-electron chi connectivity index (χ3n) is 1.58. The molecule has 0 aliphatic carbocycles. The first-order valence-electron chi connectivity index (χ1n) is 3.70. The zero-order valence-corrected chi connectivity index (χ0v) is 8.90. The number of hydrogen-bond donors (Lipinski definition) is 1. The molecule has 0 atom stereocenters. The second-order valence-electron chi connectivity index (χ2n) is 3.22. The average Bonchev–Trinajstić information content (AvgIpc) is 1.87. The summed E-state index contributed by atoms with van der Waals surface area (Å²) in [5.41, 5.74) is 3.35. The van der Waals surface area contributed by atoms with Gasteiger partial charge in [0.05, 0.1) is 20.6 Å². The summed E-state index contributed by atoms with van der Waals surface area (Å²) in [6.07, 6.45) is 0. The Hall–Kier alpha value is -0.540. The van der Waals surface area contributed by atoms with Crippen LogP contribution in [0.3, 0.4) is 0 Å². The third-order valence-corrected chi connectivity index (χ3v) is 1.58. The molecule has 0 rings (SSSR count). The molecular formula is C8H17ClN2O. The highest BCUT2D eigenvalue weighted by atomic mass is 35.5. The van der Waals surface area contributed by atoms with E-state index in [9.17, 15) is 4.79 Å². The maximum absolute atomic E-state index is 11.1. The van der Waals surface area contributed by atoms with Gasteiger partial charge in [0.15, 0.2) is 0 Å². The summed E-state index contributed by atoms with van der Waals surface area (Å²) in [4.78, 5) is 11.1. The average molecular weight is 193 g/mol. The van der Waals surface area contributed by atoms with Crippen molar-refractivity contribution in [3.8, 4) is 0 Å². The molecule has 12 heavy (non-hydrogen) atoms. The Bertz CT molecular complexity index is 178. The van der Waals surface area contributed by atoms with Crippen molar-refractivity contribution in [2.45, 2.75) is 13.8 Å². The Morgan fingerprint density at radius 2 is 1.92 bits per heavy atom. The minimum atomic E-state index is -0.0862. The van der Waals surface area contributed by atoms with Gasteiger partial charge in [0.25, 0.3) is 5.91 Å². The second kappa shape index (κ2) is 5.17. The van der Waals surface area contributed by atoms with Crippen molar-refractivity contribution in [1.82, 2.24) is 5.43 Å². The van der Waals surface area contributed by atoms with Crippen LogP contribution in [0.15, 0.2) is 12.2 Å². The van der Waals surface area contributed by atoms with Crippen molar-refractivity contribution in [2.24, 2.45) is 0 Å². The van der Waals surface area contributed by atoms with Gasteiger partial charge in [0, 0.05) is 5.57 Å². The summed E-state index contributed by atoms with van der Waals surface area (Å²) in [7, 11) is 3.86. The summed E-state index contributed by atoms with van der Waals surface area (Å²) in [5, 5.41) is 0. The number of amides is 1. The van der Waals surface area contributed by atoms with Gasteiger partial charge >= 0.3 is 0 Å². The molecule has 0 bridgehead atoms. The Morgan fingerprint density at radius 3 is 2.17 bits per heavy atom. The molecule has 0 unspecified atom stereocenters. The molecule has 0 saturated heterocycles. The van der Waals surface area contributed by atoms with Gasteiger partial charge in [-0.1, -0.05) is 6.58 Å². The number of carbonyl (C=O) groups is 1. The predicted molar refractivity (Wildman–Crippen MR) is 45.6 cm³/mol. The molecule has 1 N–H and O–H groups in total. The van der Waals surface area contributed by atoms with E-state index in [2.05, 4.69) is 12.0 Å². The quantitative estimate of drug-likeness (QED) is 0.304. The fourth-order valence-corrected chi connectivity index (χ4v) is 0.449. The van der Waals surface area contributed by atoms with Crippen LogP contribution in [0.2, 0.25) is 0 Å². The van der Waals surface area contributed by atoms with E-state index in [-0.39, 0.29) is 18.3 Å². The smallest absolute Gasteiger partial charge is 0.290 e. The molecule has 0 aliphatic rings. The Labute approximate surface area is 80.4 Å². The molecule has 0 radical (unpaired) electrons. The van der Waals surface area contributed by atoms with Gasteiger partial charge in [-0.25, -0.2) is 4.59 Å². The van der Waals surface area contributed by atoms with Crippen LogP contribution in [0.25, 0.3) is 0 Å². The van der Waals surface area contributed by atoms with Crippen LogP contribution in [0, 0.1) is 0 Å². The maximum Gasteiger partial charge on any atom is 0.290 e. The fourth-order valence-electron chi connectivity index (χ4n) is 0.449. The van der Waals surface area contributed by atoms with Crippen LogP contribution in [0.1, 0.15) is 13.8 Å². The molecule has 0 aromatic carbocycles.